The first-order chi connectivity index (χ1) is 7.58. The number of hydrogen-bond donors (Lipinski definition) is 0. The Hall–Kier alpha value is -0.890. The molecule has 2 rings (SSSR count). The topological polar surface area (TPSA) is 29.6 Å². The molecule has 1 fully saturated rings. The first kappa shape index (κ1) is 11.6. The Morgan fingerprint density at radius 2 is 2.25 bits per heavy atom. The summed E-state index contributed by atoms with van der Waals surface area (Å²) in [5.74, 6) is 1.34. The lowest BCUT2D eigenvalue weighted by atomic mass is 9.88. The summed E-state index contributed by atoms with van der Waals surface area (Å²) in [6, 6.07) is 0. The number of ketones is 1. The van der Waals surface area contributed by atoms with Crippen molar-refractivity contribution in [2.75, 3.05) is 0 Å². The molecular weight excluding hydrogens is 200 g/mol. The van der Waals surface area contributed by atoms with E-state index in [0.717, 1.165) is 18.4 Å². The van der Waals surface area contributed by atoms with Crippen LogP contribution < -0.4 is 0 Å². The number of rotatable bonds is 1. The molecule has 0 radical (unpaired) electrons. The van der Waals surface area contributed by atoms with Crippen molar-refractivity contribution in [3.8, 4) is 0 Å². The standard InChI is InChI=1S/C14H20O2/c1-9(2)11-5-4-10(3)8-13-14(16-13)12(15)7-6-11/h4-5,9,11,13-14H,3,6-8H2,1-2H3/b5-4+/t11-,13+,14-/m0/s1. The van der Waals surface area contributed by atoms with Gasteiger partial charge in [0.05, 0.1) is 6.10 Å². The van der Waals surface area contributed by atoms with Crippen molar-refractivity contribution in [1.82, 2.24) is 0 Å². The van der Waals surface area contributed by atoms with E-state index in [-0.39, 0.29) is 18.0 Å². The monoisotopic (exact) mass is 220 g/mol. The van der Waals surface area contributed by atoms with Crippen molar-refractivity contribution in [3.63, 3.8) is 0 Å². The predicted octanol–water partition coefficient (Wildman–Crippen LogP) is 2.89. The van der Waals surface area contributed by atoms with Crippen molar-refractivity contribution >= 4 is 5.78 Å². The highest BCUT2D eigenvalue weighted by Gasteiger charge is 2.44. The Labute approximate surface area is 97.4 Å². The smallest absolute Gasteiger partial charge is 0.164 e. The first-order valence-corrected chi connectivity index (χ1v) is 6.12. The van der Waals surface area contributed by atoms with Gasteiger partial charge in [-0.15, -0.1) is 0 Å². The second-order valence-electron chi connectivity index (χ2n) is 5.23. The molecule has 0 N–H and O–H groups in total. The Bertz CT molecular complexity index is 328. The van der Waals surface area contributed by atoms with Gasteiger partial charge in [0.15, 0.2) is 5.78 Å². The van der Waals surface area contributed by atoms with Gasteiger partial charge in [-0.2, -0.15) is 0 Å². The van der Waals surface area contributed by atoms with Crippen molar-refractivity contribution in [2.24, 2.45) is 11.8 Å². The number of ether oxygens (including phenoxy) is 1. The molecule has 0 spiro atoms. The van der Waals surface area contributed by atoms with Crippen molar-refractivity contribution in [1.29, 1.82) is 0 Å². The predicted molar refractivity (Wildman–Crippen MR) is 64.1 cm³/mol. The van der Waals surface area contributed by atoms with Crippen molar-refractivity contribution in [3.05, 3.63) is 24.3 Å². The molecule has 0 bridgehead atoms. The first-order valence-electron chi connectivity index (χ1n) is 6.12. The molecule has 1 aliphatic heterocycles. The molecule has 2 aliphatic rings. The Balaban J connectivity index is 2.08. The summed E-state index contributed by atoms with van der Waals surface area (Å²) in [6.45, 7) is 8.40. The van der Waals surface area contributed by atoms with E-state index in [2.05, 4.69) is 32.6 Å². The van der Waals surface area contributed by atoms with E-state index in [1.165, 1.54) is 0 Å². The van der Waals surface area contributed by atoms with Crippen LogP contribution in [0.2, 0.25) is 0 Å². The summed E-state index contributed by atoms with van der Waals surface area (Å²) in [7, 11) is 0. The van der Waals surface area contributed by atoms with Crippen LogP contribution in [0.1, 0.15) is 33.1 Å². The van der Waals surface area contributed by atoms with Gasteiger partial charge in [0, 0.05) is 12.8 Å². The third kappa shape index (κ3) is 2.62. The van der Waals surface area contributed by atoms with Gasteiger partial charge in [-0.3, -0.25) is 4.79 Å². The van der Waals surface area contributed by atoms with Crippen LogP contribution in [0.4, 0.5) is 0 Å². The summed E-state index contributed by atoms with van der Waals surface area (Å²) in [6.07, 6.45) is 6.70. The zero-order valence-electron chi connectivity index (χ0n) is 10.1. The molecule has 0 aromatic rings. The molecule has 1 aliphatic carbocycles. The second-order valence-corrected chi connectivity index (χ2v) is 5.23. The molecule has 0 amide bonds. The molecule has 88 valence electrons. The zero-order chi connectivity index (χ0) is 11.7. The van der Waals surface area contributed by atoms with E-state index in [1.807, 2.05) is 0 Å². The highest BCUT2D eigenvalue weighted by atomic mass is 16.6. The van der Waals surface area contributed by atoms with Crippen LogP contribution in [-0.2, 0) is 9.53 Å². The molecular formula is C14H20O2. The van der Waals surface area contributed by atoms with E-state index in [0.29, 0.717) is 18.3 Å². The zero-order valence-corrected chi connectivity index (χ0v) is 10.1. The largest absolute Gasteiger partial charge is 0.361 e. The molecule has 0 unspecified atom stereocenters. The maximum absolute atomic E-state index is 11.8. The van der Waals surface area contributed by atoms with E-state index in [9.17, 15) is 4.79 Å². The average molecular weight is 220 g/mol. The van der Waals surface area contributed by atoms with Crippen LogP contribution in [0.15, 0.2) is 24.3 Å². The van der Waals surface area contributed by atoms with Gasteiger partial charge in [-0.1, -0.05) is 38.2 Å². The van der Waals surface area contributed by atoms with Gasteiger partial charge < -0.3 is 4.74 Å². The van der Waals surface area contributed by atoms with Crippen LogP contribution in [0, 0.1) is 11.8 Å². The summed E-state index contributed by atoms with van der Waals surface area (Å²) in [4.78, 5) is 11.8. The number of carbonyl (C=O) groups excluding carboxylic acids is 1. The third-order valence-electron chi connectivity index (χ3n) is 3.52. The number of Topliss-reactive ketones (excluding diaryl/α,β-unsaturated/α-hetero) is 1. The van der Waals surface area contributed by atoms with Crippen LogP contribution in [0.5, 0.6) is 0 Å². The van der Waals surface area contributed by atoms with Crippen LogP contribution >= 0.6 is 0 Å². The molecule has 2 heteroatoms. The molecule has 16 heavy (non-hydrogen) atoms. The summed E-state index contributed by atoms with van der Waals surface area (Å²) in [5, 5.41) is 0. The molecule has 2 nitrogen and oxygen atoms in total. The lowest BCUT2D eigenvalue weighted by Gasteiger charge is -2.17. The van der Waals surface area contributed by atoms with Crippen LogP contribution in [0.25, 0.3) is 0 Å². The van der Waals surface area contributed by atoms with E-state index in [1.54, 1.807) is 0 Å². The molecule has 3 atom stereocenters. The number of fused-ring (bicyclic) bond motifs is 1. The van der Waals surface area contributed by atoms with Crippen LogP contribution in [-0.4, -0.2) is 18.0 Å². The summed E-state index contributed by atoms with van der Waals surface area (Å²) >= 11 is 0. The van der Waals surface area contributed by atoms with Crippen LogP contribution in [0.3, 0.4) is 0 Å². The fourth-order valence-corrected chi connectivity index (χ4v) is 2.27. The molecule has 1 heterocycles. The highest BCUT2D eigenvalue weighted by molar-refractivity contribution is 5.86. The number of epoxide rings is 1. The van der Waals surface area contributed by atoms with Gasteiger partial charge in [-0.05, 0) is 18.3 Å². The summed E-state index contributed by atoms with van der Waals surface area (Å²) in [5.41, 5.74) is 1.08. The summed E-state index contributed by atoms with van der Waals surface area (Å²) < 4.78 is 5.38. The second kappa shape index (κ2) is 4.54. The lowest BCUT2D eigenvalue weighted by molar-refractivity contribution is -0.120. The van der Waals surface area contributed by atoms with E-state index in [4.69, 9.17) is 4.74 Å². The molecule has 0 aromatic heterocycles. The number of carbonyl (C=O) groups is 1. The number of hydrogen-bond acceptors (Lipinski definition) is 2. The maximum Gasteiger partial charge on any atom is 0.164 e. The Morgan fingerprint density at radius 1 is 1.50 bits per heavy atom. The minimum atomic E-state index is -0.129. The molecule has 0 aromatic carbocycles. The Kier molecular flexibility index (Phi) is 3.29. The quantitative estimate of drug-likeness (QED) is 0.636. The fourth-order valence-electron chi connectivity index (χ4n) is 2.27. The normalized spacial score (nSPS) is 37.1. The van der Waals surface area contributed by atoms with Crippen molar-refractivity contribution < 1.29 is 9.53 Å². The number of allylic oxidation sites excluding steroid dienone is 2. The SMILES string of the molecule is C=C1/C=C/[C@H](C(C)C)CCC(=O)[C@@H]2O[C@@H]2C1. The minimum Gasteiger partial charge on any atom is -0.361 e. The van der Waals surface area contributed by atoms with E-state index >= 15 is 0 Å². The van der Waals surface area contributed by atoms with Gasteiger partial charge in [0.25, 0.3) is 0 Å². The van der Waals surface area contributed by atoms with Gasteiger partial charge in [-0.25, -0.2) is 0 Å². The van der Waals surface area contributed by atoms with Gasteiger partial charge >= 0.3 is 0 Å². The van der Waals surface area contributed by atoms with Gasteiger partial charge in [0.1, 0.15) is 6.10 Å². The van der Waals surface area contributed by atoms with Gasteiger partial charge in [0.2, 0.25) is 0 Å². The van der Waals surface area contributed by atoms with E-state index < -0.39 is 0 Å². The maximum atomic E-state index is 11.8. The third-order valence-corrected chi connectivity index (χ3v) is 3.52. The van der Waals surface area contributed by atoms with Crippen molar-refractivity contribution in [2.45, 2.75) is 45.3 Å². The molecule has 1 saturated heterocycles. The minimum absolute atomic E-state index is 0.111. The fraction of sp³-hybridized carbons (Fsp3) is 0.643. The highest BCUT2D eigenvalue weighted by Crippen LogP contribution is 2.33. The molecule has 0 saturated carbocycles. The lowest BCUT2D eigenvalue weighted by Crippen LogP contribution is -2.15. The average Bonchev–Trinajstić information content (AvgIpc) is 2.95. The Morgan fingerprint density at radius 3 is 2.94 bits per heavy atom.